The van der Waals surface area contributed by atoms with E-state index in [0.717, 1.165) is 11.7 Å². The van der Waals surface area contributed by atoms with E-state index in [1.54, 1.807) is 0 Å². The predicted molar refractivity (Wildman–Crippen MR) is 37.9 cm³/mol. The second kappa shape index (κ2) is 5.80. The standard InChI is InChI=1S/3CH2Cl.Sn/c3*1-2;/h3*1H2;. The number of rotatable bonds is 3. The zero-order valence-electron chi connectivity index (χ0n) is 3.76. The van der Waals surface area contributed by atoms with E-state index in [9.17, 15) is 0 Å². The van der Waals surface area contributed by atoms with Crippen molar-refractivity contribution in [3.63, 3.8) is 0 Å². The van der Waals surface area contributed by atoms with E-state index in [2.05, 4.69) is 0 Å². The fraction of sp³-hybridized carbons (Fsp3) is 1.00. The molecular weight excluding hydrogens is 261 g/mol. The van der Waals surface area contributed by atoms with Crippen molar-refractivity contribution >= 4 is 54.6 Å². The van der Waals surface area contributed by atoms with Crippen LogP contribution >= 0.6 is 34.8 Å². The molecule has 0 heterocycles. The zero-order chi connectivity index (χ0) is 5.70. The van der Waals surface area contributed by atoms with E-state index in [4.69, 9.17) is 34.8 Å². The SMILES string of the molecule is Cl[CH2][Sn]([CH2]Cl)[CH2]Cl. The van der Waals surface area contributed by atoms with E-state index in [0.29, 0.717) is 0 Å². The minimum atomic E-state index is -1.36. The Bertz CT molecular complexity index is 31.7. The van der Waals surface area contributed by atoms with Gasteiger partial charge in [0, 0.05) is 0 Å². The summed E-state index contributed by atoms with van der Waals surface area (Å²) in [5.74, 6) is 0. The van der Waals surface area contributed by atoms with Gasteiger partial charge in [0.05, 0.1) is 0 Å². The summed E-state index contributed by atoms with van der Waals surface area (Å²) in [5.41, 5.74) is 0. The van der Waals surface area contributed by atoms with Crippen LogP contribution in [0.3, 0.4) is 0 Å². The van der Waals surface area contributed by atoms with Crippen LogP contribution in [0.2, 0.25) is 0 Å². The van der Waals surface area contributed by atoms with Crippen molar-refractivity contribution in [3.8, 4) is 0 Å². The van der Waals surface area contributed by atoms with E-state index < -0.39 is 19.8 Å². The first-order valence-corrected chi connectivity index (χ1v) is 9.52. The molecule has 7 heavy (non-hydrogen) atoms. The zero-order valence-corrected chi connectivity index (χ0v) is 8.88. The average Bonchev–Trinajstić information content (AvgIpc) is 1.72. The van der Waals surface area contributed by atoms with Crippen LogP contribution < -0.4 is 0 Å². The Hall–Kier alpha value is 1.67. The van der Waals surface area contributed by atoms with Crippen LogP contribution in [0.1, 0.15) is 0 Å². The fourth-order valence-corrected chi connectivity index (χ4v) is 6.47. The summed E-state index contributed by atoms with van der Waals surface area (Å²) in [6.45, 7) is 0. The van der Waals surface area contributed by atoms with Gasteiger partial charge in [-0.05, 0) is 0 Å². The van der Waals surface area contributed by atoms with Crippen LogP contribution in [0, 0.1) is 0 Å². The molecular formula is C3H6Cl3Sn. The molecule has 0 aliphatic carbocycles. The second-order valence-corrected chi connectivity index (χ2v) is 13.1. The Labute approximate surface area is 65.9 Å². The van der Waals surface area contributed by atoms with Crippen molar-refractivity contribution in [1.29, 1.82) is 0 Å². The first kappa shape index (κ1) is 8.67. The van der Waals surface area contributed by atoms with Crippen LogP contribution in [-0.2, 0) is 0 Å². The normalized spacial score (nSPS) is 10.3. The summed E-state index contributed by atoms with van der Waals surface area (Å²) in [5, 5.41) is 0. The molecule has 0 rings (SSSR count). The molecule has 0 aromatic heterocycles. The molecule has 0 aliphatic rings. The molecule has 0 unspecified atom stereocenters. The van der Waals surface area contributed by atoms with Gasteiger partial charge in [-0.2, -0.15) is 0 Å². The van der Waals surface area contributed by atoms with Gasteiger partial charge in [-0.1, -0.05) is 0 Å². The molecule has 0 nitrogen and oxygen atoms in total. The predicted octanol–water partition coefficient (Wildman–Crippen LogP) is 1.82. The van der Waals surface area contributed by atoms with Crippen molar-refractivity contribution in [2.45, 2.75) is 0 Å². The number of halogens is 3. The quantitative estimate of drug-likeness (QED) is 0.540. The molecule has 1 radical (unpaired) electrons. The van der Waals surface area contributed by atoms with Gasteiger partial charge in [0.2, 0.25) is 0 Å². The first-order valence-electron chi connectivity index (χ1n) is 1.86. The van der Waals surface area contributed by atoms with Crippen molar-refractivity contribution in [2.24, 2.45) is 0 Å². The average molecular weight is 267 g/mol. The molecule has 0 aromatic rings. The van der Waals surface area contributed by atoms with Gasteiger partial charge in [-0.15, -0.1) is 0 Å². The fourth-order valence-electron chi connectivity index (χ4n) is 0.107. The van der Waals surface area contributed by atoms with Crippen molar-refractivity contribution in [1.82, 2.24) is 0 Å². The van der Waals surface area contributed by atoms with Gasteiger partial charge in [0.15, 0.2) is 0 Å². The molecule has 0 N–H and O–H groups in total. The van der Waals surface area contributed by atoms with Gasteiger partial charge in [-0.3, -0.25) is 0 Å². The Morgan fingerprint density at radius 2 is 1.14 bits per heavy atom. The van der Waals surface area contributed by atoms with Gasteiger partial charge in [-0.25, -0.2) is 0 Å². The van der Waals surface area contributed by atoms with Gasteiger partial charge >= 0.3 is 66.3 Å². The van der Waals surface area contributed by atoms with E-state index >= 15 is 0 Å². The molecule has 0 aliphatic heterocycles. The summed E-state index contributed by atoms with van der Waals surface area (Å²) >= 11 is 15.1. The molecule has 0 aromatic carbocycles. The van der Waals surface area contributed by atoms with Crippen LogP contribution in [0.4, 0.5) is 0 Å². The van der Waals surface area contributed by atoms with Crippen molar-refractivity contribution in [2.75, 3.05) is 11.7 Å². The Morgan fingerprint density at radius 3 is 1.14 bits per heavy atom. The molecule has 0 bridgehead atoms. The molecule has 43 valence electrons. The monoisotopic (exact) mass is 267 g/mol. The van der Waals surface area contributed by atoms with Crippen molar-refractivity contribution < 1.29 is 0 Å². The number of hydrogen-bond acceptors (Lipinski definition) is 0. The van der Waals surface area contributed by atoms with Crippen LogP contribution in [0.15, 0.2) is 0 Å². The van der Waals surface area contributed by atoms with Crippen LogP contribution in [-0.4, -0.2) is 31.4 Å². The summed E-state index contributed by atoms with van der Waals surface area (Å²) in [4.78, 5) is 0. The van der Waals surface area contributed by atoms with Crippen LogP contribution in [0.5, 0.6) is 0 Å². The molecule has 0 atom stereocenters. The third-order valence-electron chi connectivity index (χ3n) is 0.567. The van der Waals surface area contributed by atoms with Gasteiger partial charge < -0.3 is 0 Å². The number of alkyl halides is 3. The Kier molecular flexibility index (Phi) is 7.18. The van der Waals surface area contributed by atoms with E-state index in [1.165, 1.54) is 0 Å². The minimum absolute atomic E-state index is 0.759. The second-order valence-electron chi connectivity index (χ2n) is 1.15. The summed E-state index contributed by atoms with van der Waals surface area (Å²) in [6, 6.07) is 0. The van der Waals surface area contributed by atoms with Crippen molar-refractivity contribution in [3.05, 3.63) is 0 Å². The van der Waals surface area contributed by atoms with E-state index in [1.807, 2.05) is 0 Å². The van der Waals surface area contributed by atoms with E-state index in [-0.39, 0.29) is 0 Å². The molecule has 0 saturated heterocycles. The molecule has 0 saturated carbocycles. The maximum atomic E-state index is 5.49. The van der Waals surface area contributed by atoms with Gasteiger partial charge in [0.1, 0.15) is 0 Å². The summed E-state index contributed by atoms with van der Waals surface area (Å²) < 4.78 is 2.28. The van der Waals surface area contributed by atoms with Crippen LogP contribution in [0.25, 0.3) is 0 Å². The Balaban J connectivity index is 2.99. The topological polar surface area (TPSA) is 0 Å². The number of hydrogen-bond donors (Lipinski definition) is 0. The third-order valence-corrected chi connectivity index (χ3v) is 11.4. The first-order chi connectivity index (χ1) is 3.35. The summed E-state index contributed by atoms with van der Waals surface area (Å²) in [6.07, 6.45) is 0. The Morgan fingerprint density at radius 1 is 0.857 bits per heavy atom. The third kappa shape index (κ3) is 4.19. The van der Waals surface area contributed by atoms with Gasteiger partial charge in [0.25, 0.3) is 0 Å². The molecule has 4 heteroatoms. The molecule has 0 spiro atoms. The maximum absolute atomic E-state index is 5.49. The molecule has 0 fully saturated rings. The molecule has 0 amide bonds. The summed E-state index contributed by atoms with van der Waals surface area (Å²) in [7, 11) is 0.